The number of hydrogen-bond donors (Lipinski definition) is 2. The molecule has 7 heteroatoms. The molecule has 0 aliphatic heterocycles. The second kappa shape index (κ2) is 6.23. The maximum absolute atomic E-state index is 12.3. The van der Waals surface area contributed by atoms with Crippen LogP contribution in [0.3, 0.4) is 0 Å². The van der Waals surface area contributed by atoms with Crippen molar-refractivity contribution in [1.82, 2.24) is 20.6 Å². The highest BCUT2D eigenvalue weighted by atomic mass is 16.6. The first-order chi connectivity index (χ1) is 10.6. The number of aryl methyl sites for hydroxylation is 1. The van der Waals surface area contributed by atoms with Gasteiger partial charge in [-0.3, -0.25) is 9.78 Å². The second-order valence-corrected chi connectivity index (χ2v) is 5.66. The topological polar surface area (TPSA) is 101 Å². The number of carbonyl (C=O) groups is 1. The summed E-state index contributed by atoms with van der Waals surface area (Å²) in [4.78, 5) is 16.6. The van der Waals surface area contributed by atoms with E-state index in [1.165, 1.54) is 0 Å². The van der Waals surface area contributed by atoms with Crippen molar-refractivity contribution >= 4 is 5.91 Å². The van der Waals surface area contributed by atoms with Crippen LogP contribution in [0.1, 0.15) is 36.0 Å². The summed E-state index contributed by atoms with van der Waals surface area (Å²) in [6.45, 7) is 1.75. The minimum atomic E-state index is -0.282. The zero-order valence-electron chi connectivity index (χ0n) is 12.3. The van der Waals surface area contributed by atoms with Crippen molar-refractivity contribution < 1.29 is 14.5 Å². The Hall–Kier alpha value is -2.28. The molecule has 1 amide bonds. The smallest absolute Gasteiger partial charge is 0.226 e. The molecular formula is C15H18N4O3. The highest BCUT2D eigenvalue weighted by Gasteiger charge is 2.36. The monoisotopic (exact) mass is 302 g/mol. The molecular weight excluding hydrogens is 284 g/mol. The number of rotatable bonds is 5. The van der Waals surface area contributed by atoms with Crippen LogP contribution < -0.4 is 5.32 Å². The van der Waals surface area contributed by atoms with Crippen molar-refractivity contribution in [1.29, 1.82) is 0 Å². The summed E-state index contributed by atoms with van der Waals surface area (Å²) < 4.78 is 4.60. The molecule has 1 aliphatic rings. The van der Waals surface area contributed by atoms with Crippen LogP contribution in [0.25, 0.3) is 0 Å². The van der Waals surface area contributed by atoms with Gasteiger partial charge in [0.15, 0.2) is 0 Å². The summed E-state index contributed by atoms with van der Waals surface area (Å²) in [5, 5.41) is 19.9. The van der Waals surface area contributed by atoms with E-state index in [2.05, 4.69) is 25.2 Å². The van der Waals surface area contributed by atoms with Crippen LogP contribution in [-0.4, -0.2) is 32.4 Å². The minimum Gasteiger partial charge on any atom is -0.393 e. The fourth-order valence-corrected chi connectivity index (χ4v) is 2.68. The molecule has 1 fully saturated rings. The molecule has 1 atom stereocenters. The number of amides is 1. The lowest BCUT2D eigenvalue weighted by molar-refractivity contribution is -0.122. The normalized spacial score (nSPS) is 21.9. The van der Waals surface area contributed by atoms with Gasteiger partial charge >= 0.3 is 0 Å². The van der Waals surface area contributed by atoms with Crippen LogP contribution in [0.15, 0.2) is 29.0 Å². The van der Waals surface area contributed by atoms with Crippen molar-refractivity contribution in [3.8, 4) is 0 Å². The molecule has 2 aromatic rings. The van der Waals surface area contributed by atoms with E-state index in [0.717, 1.165) is 5.69 Å². The van der Waals surface area contributed by atoms with Gasteiger partial charge in [-0.15, -0.1) is 0 Å². The third kappa shape index (κ3) is 3.14. The van der Waals surface area contributed by atoms with Gasteiger partial charge in [-0.1, -0.05) is 16.4 Å². The molecule has 3 rings (SSSR count). The lowest BCUT2D eigenvalue weighted by atomic mass is 9.76. The zero-order valence-corrected chi connectivity index (χ0v) is 12.3. The first-order valence-corrected chi connectivity index (χ1v) is 7.30. The molecule has 1 aliphatic carbocycles. The predicted octanol–water partition coefficient (Wildman–Crippen LogP) is 0.944. The summed E-state index contributed by atoms with van der Waals surface area (Å²) in [5.74, 6) is 0.0428. The Morgan fingerprint density at radius 3 is 2.86 bits per heavy atom. The van der Waals surface area contributed by atoms with Crippen LogP contribution in [-0.2, 0) is 11.2 Å². The summed E-state index contributed by atoms with van der Waals surface area (Å²) >= 11 is 0. The Morgan fingerprint density at radius 1 is 1.45 bits per heavy atom. The lowest BCUT2D eigenvalue weighted by Crippen LogP contribution is -2.42. The molecule has 116 valence electrons. The van der Waals surface area contributed by atoms with Crippen molar-refractivity contribution in [2.24, 2.45) is 5.92 Å². The van der Waals surface area contributed by atoms with Gasteiger partial charge in [0.2, 0.25) is 5.91 Å². The molecule has 1 saturated carbocycles. The van der Waals surface area contributed by atoms with Crippen LogP contribution in [0.5, 0.6) is 0 Å². The lowest BCUT2D eigenvalue weighted by Gasteiger charge is -2.37. The molecule has 0 spiro atoms. The molecule has 0 radical (unpaired) electrons. The van der Waals surface area contributed by atoms with Gasteiger partial charge < -0.3 is 10.4 Å². The summed E-state index contributed by atoms with van der Waals surface area (Å²) in [6.07, 6.45) is 2.89. The molecule has 2 aromatic heterocycles. The highest BCUT2D eigenvalue weighted by Crippen LogP contribution is 2.37. The van der Waals surface area contributed by atoms with Crippen LogP contribution in [0.4, 0.5) is 0 Å². The van der Waals surface area contributed by atoms with E-state index in [1.807, 2.05) is 18.2 Å². The molecule has 22 heavy (non-hydrogen) atoms. The number of aliphatic hydroxyl groups excluding tert-OH is 1. The van der Waals surface area contributed by atoms with Crippen LogP contribution in [0, 0.1) is 12.8 Å². The van der Waals surface area contributed by atoms with E-state index in [1.54, 1.807) is 13.1 Å². The van der Waals surface area contributed by atoms with Gasteiger partial charge in [0.05, 0.1) is 24.3 Å². The summed E-state index contributed by atoms with van der Waals surface area (Å²) in [5.41, 5.74) is 1.96. The zero-order chi connectivity index (χ0) is 15.5. The second-order valence-electron chi connectivity index (χ2n) is 5.66. The number of nitrogens with zero attached hydrogens (tertiary/aromatic N) is 3. The van der Waals surface area contributed by atoms with Crippen LogP contribution >= 0.6 is 0 Å². The molecule has 2 heterocycles. The molecule has 0 saturated heterocycles. The van der Waals surface area contributed by atoms with Crippen molar-refractivity contribution in [2.45, 2.75) is 38.3 Å². The third-order valence-electron chi connectivity index (χ3n) is 4.02. The van der Waals surface area contributed by atoms with Gasteiger partial charge in [-0.2, -0.15) is 0 Å². The quantitative estimate of drug-likeness (QED) is 0.852. The standard InChI is InChI=1S/C15H18N4O3/c1-9-13(19-22-18-9)8-14(21)17-15(10-6-11(20)7-10)12-4-2-3-5-16-12/h2-5,10-11,15,20H,6-8H2,1H3,(H,17,21)/t10?,11?,15-/m0/s1. The average Bonchev–Trinajstić information content (AvgIpc) is 2.88. The molecule has 2 N–H and O–H groups in total. The molecule has 7 nitrogen and oxygen atoms in total. The van der Waals surface area contributed by atoms with Crippen molar-refractivity contribution in [3.63, 3.8) is 0 Å². The number of carbonyl (C=O) groups excluding carboxylic acids is 1. The van der Waals surface area contributed by atoms with Gasteiger partial charge in [-0.25, -0.2) is 4.63 Å². The number of aliphatic hydroxyl groups is 1. The third-order valence-corrected chi connectivity index (χ3v) is 4.02. The Bertz CT molecular complexity index is 637. The van der Waals surface area contributed by atoms with E-state index in [-0.39, 0.29) is 30.4 Å². The minimum absolute atomic E-state index is 0.119. The van der Waals surface area contributed by atoms with E-state index in [4.69, 9.17) is 0 Å². The highest BCUT2D eigenvalue weighted by molar-refractivity contribution is 5.78. The predicted molar refractivity (Wildman–Crippen MR) is 76.6 cm³/mol. The van der Waals surface area contributed by atoms with Crippen LogP contribution in [0.2, 0.25) is 0 Å². The number of pyridine rings is 1. The van der Waals surface area contributed by atoms with Gasteiger partial charge in [0.25, 0.3) is 0 Å². The van der Waals surface area contributed by atoms with E-state index in [9.17, 15) is 9.90 Å². The van der Waals surface area contributed by atoms with Crippen molar-refractivity contribution in [3.05, 3.63) is 41.5 Å². The maximum atomic E-state index is 12.3. The SMILES string of the molecule is Cc1nonc1CC(=O)N[C@H](c1ccccn1)C1CC(O)C1. The molecule has 0 aromatic carbocycles. The fourth-order valence-electron chi connectivity index (χ4n) is 2.68. The summed E-state index contributed by atoms with van der Waals surface area (Å²) in [6, 6.07) is 5.42. The molecule has 0 unspecified atom stereocenters. The fraction of sp³-hybridized carbons (Fsp3) is 0.467. The van der Waals surface area contributed by atoms with E-state index < -0.39 is 0 Å². The molecule has 0 bridgehead atoms. The average molecular weight is 302 g/mol. The van der Waals surface area contributed by atoms with Crippen molar-refractivity contribution in [2.75, 3.05) is 0 Å². The van der Waals surface area contributed by atoms with E-state index in [0.29, 0.717) is 24.2 Å². The number of hydrogen-bond acceptors (Lipinski definition) is 6. The van der Waals surface area contributed by atoms with E-state index >= 15 is 0 Å². The Morgan fingerprint density at radius 2 is 2.27 bits per heavy atom. The Labute approximate surface area is 127 Å². The Kier molecular flexibility index (Phi) is 4.15. The van der Waals surface area contributed by atoms with Gasteiger partial charge in [0.1, 0.15) is 11.4 Å². The Balaban J connectivity index is 1.70. The first-order valence-electron chi connectivity index (χ1n) is 7.30. The van der Waals surface area contributed by atoms with Gasteiger partial charge in [0, 0.05) is 6.20 Å². The maximum Gasteiger partial charge on any atom is 0.226 e. The number of aromatic nitrogens is 3. The number of nitrogens with one attached hydrogen (secondary N) is 1. The largest absolute Gasteiger partial charge is 0.393 e. The van der Waals surface area contributed by atoms with Gasteiger partial charge in [-0.05, 0) is 37.8 Å². The summed E-state index contributed by atoms with van der Waals surface area (Å²) in [7, 11) is 0. The first kappa shape index (κ1) is 14.6.